The van der Waals surface area contributed by atoms with Crippen LogP contribution in [0.5, 0.6) is 0 Å². The van der Waals surface area contributed by atoms with Crippen LogP contribution in [0.15, 0.2) is 72.9 Å². The molecule has 2 aromatic carbocycles. The van der Waals surface area contributed by atoms with Crippen molar-refractivity contribution in [3.05, 3.63) is 99.8 Å². The van der Waals surface area contributed by atoms with Gasteiger partial charge in [0.25, 0.3) is 0 Å². The highest BCUT2D eigenvalue weighted by atomic mass is 35.5. The molecule has 0 bridgehead atoms. The number of carbonyl (C=O) groups excluding carboxylic acids is 1. The molecule has 1 fully saturated rings. The number of carboxylic acids is 1. The molecule has 3 aromatic rings. The predicted molar refractivity (Wildman–Crippen MR) is 137 cm³/mol. The maximum absolute atomic E-state index is 14.1. The summed E-state index contributed by atoms with van der Waals surface area (Å²) in [6.45, 7) is 1.74. The van der Waals surface area contributed by atoms with Crippen molar-refractivity contribution in [2.45, 2.75) is 37.5 Å². The van der Waals surface area contributed by atoms with Crippen LogP contribution in [0.3, 0.4) is 0 Å². The second-order valence-corrected chi connectivity index (χ2v) is 10.4. The molecule has 4 rings (SSSR count). The van der Waals surface area contributed by atoms with Gasteiger partial charge in [-0.25, -0.2) is 0 Å². The highest BCUT2D eigenvalue weighted by Gasteiger charge is 2.52. The minimum absolute atomic E-state index is 0.200. The fraction of sp³-hybridized carbons (Fsp3) is 0.269. The molecule has 1 saturated heterocycles. The van der Waals surface area contributed by atoms with Gasteiger partial charge in [-0.3, -0.25) is 14.6 Å². The first-order valence-corrected chi connectivity index (χ1v) is 12.3. The van der Waals surface area contributed by atoms with E-state index >= 15 is 0 Å². The van der Waals surface area contributed by atoms with Crippen molar-refractivity contribution in [2.24, 2.45) is 5.41 Å². The van der Waals surface area contributed by atoms with Gasteiger partial charge in [-0.15, -0.1) is 9.24 Å². The maximum Gasteiger partial charge on any atom is 0.304 e. The van der Waals surface area contributed by atoms with Gasteiger partial charge >= 0.3 is 5.97 Å². The van der Waals surface area contributed by atoms with Crippen molar-refractivity contribution in [3.8, 4) is 0 Å². The largest absolute Gasteiger partial charge is 0.481 e. The van der Waals surface area contributed by atoms with E-state index in [2.05, 4.69) is 14.2 Å². The Kier molecular flexibility index (Phi) is 7.28. The van der Waals surface area contributed by atoms with Crippen LogP contribution < -0.4 is 0 Å². The molecular formula is C26H25Cl2N2O3P. The number of nitrogens with zero attached hydrogens (tertiary/aromatic N) is 2. The lowest BCUT2D eigenvalue weighted by Crippen LogP contribution is -2.52. The van der Waals surface area contributed by atoms with Crippen LogP contribution in [0.4, 0.5) is 0 Å². The molecule has 0 radical (unpaired) electrons. The van der Waals surface area contributed by atoms with Crippen LogP contribution in [-0.2, 0) is 9.59 Å². The first-order valence-electron chi connectivity index (χ1n) is 10.9. The number of pyridine rings is 1. The molecule has 5 nitrogen and oxygen atoms in total. The number of likely N-dealkylation sites (tertiary alicyclic amines) is 1. The molecule has 0 saturated carbocycles. The number of halogens is 2. The number of piperidine rings is 1. The monoisotopic (exact) mass is 514 g/mol. The first kappa shape index (κ1) is 24.7. The number of carboxylic acid groups (broad SMARTS) is 1. The second kappa shape index (κ2) is 10.0. The standard InChI is InChI=1S/C26H25Cl2N2O3P/c1-26(15-22(31)32)14-20(17-5-4-6-19(28)13-17)23(16-8-10-18(27)11-9-16)30(25(26)33)24(34)21-7-2-3-12-29-21/h2-13,20,23-24H,14-15,34H2,1H3,(H,31,32)/t20-,23?,24-,26-/m1/s1. The Morgan fingerprint density at radius 1 is 1.12 bits per heavy atom. The molecule has 8 heteroatoms. The molecule has 0 aliphatic carbocycles. The van der Waals surface area contributed by atoms with E-state index in [4.69, 9.17) is 23.2 Å². The van der Waals surface area contributed by atoms with Gasteiger partial charge in [-0.2, -0.15) is 0 Å². The van der Waals surface area contributed by atoms with Crippen molar-refractivity contribution in [2.75, 3.05) is 0 Å². The van der Waals surface area contributed by atoms with Crippen LogP contribution in [0.1, 0.15) is 54.3 Å². The van der Waals surface area contributed by atoms with E-state index < -0.39 is 17.2 Å². The van der Waals surface area contributed by atoms with Gasteiger partial charge in [0, 0.05) is 22.2 Å². The molecule has 176 valence electrons. The van der Waals surface area contributed by atoms with E-state index in [1.807, 2.05) is 48.5 Å². The minimum atomic E-state index is -1.11. The highest BCUT2D eigenvalue weighted by Crippen LogP contribution is 2.54. The lowest BCUT2D eigenvalue weighted by molar-refractivity contribution is -0.158. The topological polar surface area (TPSA) is 70.5 Å². The van der Waals surface area contributed by atoms with Crippen LogP contribution in [0.25, 0.3) is 0 Å². The number of hydrogen-bond acceptors (Lipinski definition) is 3. The van der Waals surface area contributed by atoms with E-state index in [1.165, 1.54) is 0 Å². The van der Waals surface area contributed by atoms with E-state index in [0.29, 0.717) is 22.2 Å². The number of hydrogen-bond donors (Lipinski definition) is 1. The number of carbonyl (C=O) groups is 2. The Morgan fingerprint density at radius 3 is 2.47 bits per heavy atom. The first-order chi connectivity index (χ1) is 16.2. The zero-order chi connectivity index (χ0) is 24.5. The molecule has 0 spiro atoms. The normalized spacial score (nSPS) is 23.5. The number of amides is 1. The molecule has 2 unspecified atom stereocenters. The van der Waals surface area contributed by atoms with E-state index in [9.17, 15) is 14.7 Å². The Bertz CT molecular complexity index is 1190. The summed E-state index contributed by atoms with van der Waals surface area (Å²) < 4.78 is 0. The van der Waals surface area contributed by atoms with Gasteiger partial charge in [-0.05, 0) is 53.9 Å². The summed E-state index contributed by atoms with van der Waals surface area (Å²) in [4.78, 5) is 32.1. The molecule has 2 heterocycles. The molecule has 1 aliphatic rings. The molecule has 5 atom stereocenters. The number of benzene rings is 2. The van der Waals surface area contributed by atoms with Crippen LogP contribution in [-0.4, -0.2) is 26.9 Å². The van der Waals surface area contributed by atoms with Crippen molar-refractivity contribution in [3.63, 3.8) is 0 Å². The molecule has 1 amide bonds. The van der Waals surface area contributed by atoms with Gasteiger partial charge in [0.15, 0.2) is 0 Å². The van der Waals surface area contributed by atoms with Gasteiger partial charge in [0.2, 0.25) is 5.91 Å². The van der Waals surface area contributed by atoms with E-state index in [-0.39, 0.29) is 24.3 Å². The SMILES string of the molecule is C[C@]1(CC(=O)O)C[C@H](c2cccc(Cl)c2)C(c2ccc(Cl)cc2)N([C@H](P)c2ccccn2)C1=O. The van der Waals surface area contributed by atoms with Crippen LogP contribution >= 0.6 is 32.4 Å². The fourth-order valence-corrected chi connectivity index (χ4v) is 5.72. The van der Waals surface area contributed by atoms with Crippen LogP contribution in [0.2, 0.25) is 10.0 Å². The maximum atomic E-state index is 14.1. The average molecular weight is 515 g/mol. The summed E-state index contributed by atoms with van der Waals surface area (Å²) >= 11 is 12.5. The van der Waals surface area contributed by atoms with Gasteiger partial charge in [0.05, 0.1) is 29.4 Å². The highest BCUT2D eigenvalue weighted by molar-refractivity contribution is 7.17. The molecule has 1 N–H and O–H groups in total. The smallest absolute Gasteiger partial charge is 0.304 e. The third-order valence-corrected chi connectivity index (χ3v) is 7.57. The fourth-order valence-electron chi connectivity index (χ4n) is 4.88. The summed E-state index contributed by atoms with van der Waals surface area (Å²) in [6.07, 6.45) is 1.78. The van der Waals surface area contributed by atoms with Crippen molar-refractivity contribution in [1.29, 1.82) is 0 Å². The van der Waals surface area contributed by atoms with E-state index in [1.54, 1.807) is 36.2 Å². The third kappa shape index (κ3) is 4.98. The minimum Gasteiger partial charge on any atom is -0.481 e. The third-order valence-electron chi connectivity index (χ3n) is 6.42. The summed E-state index contributed by atoms with van der Waals surface area (Å²) in [5.41, 5.74) is 1.44. The summed E-state index contributed by atoms with van der Waals surface area (Å²) in [5, 5.41) is 10.9. The Labute approximate surface area is 211 Å². The molecule has 1 aromatic heterocycles. The predicted octanol–water partition coefficient (Wildman–Crippen LogP) is 6.50. The lowest BCUT2D eigenvalue weighted by atomic mass is 9.67. The summed E-state index contributed by atoms with van der Waals surface area (Å²) in [5.74, 6) is -1.90. The van der Waals surface area contributed by atoms with Gasteiger partial charge in [-0.1, -0.05) is 60.5 Å². The Balaban J connectivity index is 1.92. The molecule has 34 heavy (non-hydrogen) atoms. The Morgan fingerprint density at radius 2 is 1.85 bits per heavy atom. The number of aromatic nitrogens is 1. The second-order valence-electron chi connectivity index (χ2n) is 8.91. The van der Waals surface area contributed by atoms with Gasteiger partial charge < -0.3 is 10.0 Å². The van der Waals surface area contributed by atoms with Crippen molar-refractivity contribution in [1.82, 2.24) is 9.88 Å². The van der Waals surface area contributed by atoms with E-state index in [0.717, 1.165) is 11.1 Å². The molecular weight excluding hydrogens is 490 g/mol. The number of aliphatic carboxylic acids is 1. The van der Waals surface area contributed by atoms with Crippen LogP contribution in [0, 0.1) is 5.41 Å². The van der Waals surface area contributed by atoms with Crippen molar-refractivity contribution < 1.29 is 14.7 Å². The zero-order valence-electron chi connectivity index (χ0n) is 18.6. The lowest BCUT2D eigenvalue weighted by Gasteiger charge is -2.51. The summed E-state index contributed by atoms with van der Waals surface area (Å²) in [7, 11) is 2.73. The van der Waals surface area contributed by atoms with Crippen molar-refractivity contribution >= 4 is 44.3 Å². The average Bonchev–Trinajstić information content (AvgIpc) is 2.81. The zero-order valence-corrected chi connectivity index (χ0v) is 21.2. The van der Waals surface area contributed by atoms with Gasteiger partial charge in [0.1, 0.15) is 0 Å². The quantitative estimate of drug-likeness (QED) is 0.381. The number of rotatable bonds is 6. The molecule has 1 aliphatic heterocycles. The Hall–Kier alpha value is -2.46. The summed E-state index contributed by atoms with van der Waals surface area (Å²) in [6, 6.07) is 20.2.